The van der Waals surface area contributed by atoms with E-state index in [1.807, 2.05) is 24.3 Å². The van der Waals surface area contributed by atoms with Gasteiger partial charge in [-0.1, -0.05) is 32.0 Å². The van der Waals surface area contributed by atoms with E-state index in [1.165, 1.54) is 0 Å². The highest BCUT2D eigenvalue weighted by atomic mass is 15.0. The Morgan fingerprint density at radius 1 is 1.29 bits per heavy atom. The third-order valence-electron chi connectivity index (χ3n) is 2.71. The highest BCUT2D eigenvalue weighted by molar-refractivity contribution is 5.83. The number of aromatic nitrogens is 1. The van der Waals surface area contributed by atoms with E-state index in [0.29, 0.717) is 12.5 Å². The van der Waals surface area contributed by atoms with Gasteiger partial charge in [0.05, 0.1) is 5.52 Å². The molecule has 2 rings (SSSR count). The molecule has 0 radical (unpaired) electrons. The van der Waals surface area contributed by atoms with Crippen LogP contribution in [0.15, 0.2) is 30.3 Å². The number of nitrogens with two attached hydrogens (primary N) is 1. The van der Waals surface area contributed by atoms with Gasteiger partial charge >= 0.3 is 0 Å². The number of para-hydroxylation sites is 1. The van der Waals surface area contributed by atoms with Gasteiger partial charge in [0.2, 0.25) is 0 Å². The minimum atomic E-state index is 0.541. The summed E-state index contributed by atoms with van der Waals surface area (Å²) in [6.07, 6.45) is 0. The lowest BCUT2D eigenvalue weighted by Crippen LogP contribution is -2.10. The minimum absolute atomic E-state index is 0.541. The van der Waals surface area contributed by atoms with Crippen molar-refractivity contribution in [1.82, 2.24) is 4.98 Å². The van der Waals surface area contributed by atoms with Gasteiger partial charge in [-0.2, -0.15) is 0 Å². The van der Waals surface area contributed by atoms with Gasteiger partial charge in [-0.15, -0.1) is 0 Å². The molecule has 3 N–H and O–H groups in total. The second kappa shape index (κ2) is 5.15. The normalized spacial score (nSPS) is 11.1. The Morgan fingerprint density at radius 2 is 2.06 bits per heavy atom. The van der Waals surface area contributed by atoms with E-state index < -0.39 is 0 Å². The topological polar surface area (TPSA) is 50.9 Å². The van der Waals surface area contributed by atoms with E-state index >= 15 is 0 Å². The molecule has 90 valence electrons. The van der Waals surface area contributed by atoms with Gasteiger partial charge in [0.25, 0.3) is 0 Å². The van der Waals surface area contributed by atoms with Crippen molar-refractivity contribution < 1.29 is 0 Å². The monoisotopic (exact) mass is 229 g/mol. The predicted octanol–water partition coefficient (Wildman–Crippen LogP) is 2.76. The summed E-state index contributed by atoms with van der Waals surface area (Å²) in [5.74, 6) is 1.52. The highest BCUT2D eigenvalue weighted by Gasteiger charge is 2.04. The molecule has 0 saturated carbocycles. The summed E-state index contributed by atoms with van der Waals surface area (Å²) < 4.78 is 0. The molecule has 0 saturated heterocycles. The molecule has 1 aromatic carbocycles. The first-order valence-electron chi connectivity index (χ1n) is 6.03. The van der Waals surface area contributed by atoms with Crippen LogP contribution >= 0.6 is 0 Å². The molecule has 0 unspecified atom stereocenters. The number of hydrogen-bond acceptors (Lipinski definition) is 3. The van der Waals surface area contributed by atoms with Crippen LogP contribution in [0.25, 0.3) is 10.9 Å². The Labute approximate surface area is 102 Å². The van der Waals surface area contributed by atoms with Crippen LogP contribution in [-0.2, 0) is 6.54 Å². The van der Waals surface area contributed by atoms with Gasteiger partial charge in [0, 0.05) is 18.5 Å². The molecule has 0 spiro atoms. The minimum Gasteiger partial charge on any atom is -0.370 e. The van der Waals surface area contributed by atoms with Crippen molar-refractivity contribution in [1.29, 1.82) is 0 Å². The molecule has 17 heavy (non-hydrogen) atoms. The van der Waals surface area contributed by atoms with Crippen LogP contribution in [-0.4, -0.2) is 11.5 Å². The average Bonchev–Trinajstić information content (AvgIpc) is 2.35. The molecule has 3 heteroatoms. The zero-order valence-corrected chi connectivity index (χ0v) is 10.4. The Balaban J connectivity index is 2.38. The summed E-state index contributed by atoms with van der Waals surface area (Å²) >= 11 is 0. The maximum Gasteiger partial charge on any atom is 0.126 e. The van der Waals surface area contributed by atoms with Crippen molar-refractivity contribution in [3.63, 3.8) is 0 Å². The van der Waals surface area contributed by atoms with Gasteiger partial charge < -0.3 is 11.1 Å². The summed E-state index contributed by atoms with van der Waals surface area (Å²) in [4.78, 5) is 4.59. The molecule has 0 amide bonds. The second-order valence-electron chi connectivity index (χ2n) is 4.66. The van der Waals surface area contributed by atoms with Crippen LogP contribution < -0.4 is 11.1 Å². The molecular formula is C14H19N3. The molecule has 0 atom stereocenters. The van der Waals surface area contributed by atoms with Gasteiger partial charge in [0.15, 0.2) is 0 Å². The molecule has 3 nitrogen and oxygen atoms in total. The first-order chi connectivity index (χ1) is 8.20. The number of fused-ring (bicyclic) bond motifs is 1. The van der Waals surface area contributed by atoms with Crippen molar-refractivity contribution >= 4 is 16.7 Å². The summed E-state index contributed by atoms with van der Waals surface area (Å²) in [6, 6.07) is 10.2. The van der Waals surface area contributed by atoms with Gasteiger partial charge in [0.1, 0.15) is 5.82 Å². The van der Waals surface area contributed by atoms with Gasteiger partial charge in [-0.25, -0.2) is 4.98 Å². The number of anilines is 1. The molecule has 0 aliphatic heterocycles. The van der Waals surface area contributed by atoms with Crippen molar-refractivity contribution in [2.24, 2.45) is 11.7 Å². The van der Waals surface area contributed by atoms with Gasteiger partial charge in [-0.3, -0.25) is 0 Å². The van der Waals surface area contributed by atoms with E-state index in [-0.39, 0.29) is 0 Å². The van der Waals surface area contributed by atoms with E-state index in [4.69, 9.17) is 5.73 Å². The molecule has 0 bridgehead atoms. The van der Waals surface area contributed by atoms with Crippen molar-refractivity contribution in [3.05, 3.63) is 35.9 Å². The Bertz CT molecular complexity index is 506. The van der Waals surface area contributed by atoms with E-state index in [9.17, 15) is 0 Å². The van der Waals surface area contributed by atoms with E-state index in [2.05, 4.69) is 30.2 Å². The lowest BCUT2D eigenvalue weighted by atomic mass is 10.1. The number of nitrogens with one attached hydrogen (secondary N) is 1. The summed E-state index contributed by atoms with van der Waals surface area (Å²) in [5.41, 5.74) is 7.93. The molecule has 1 heterocycles. The molecule has 0 fully saturated rings. The lowest BCUT2D eigenvalue weighted by Gasteiger charge is -2.11. The molecule has 2 aromatic rings. The maximum atomic E-state index is 5.79. The first kappa shape index (κ1) is 11.9. The Morgan fingerprint density at radius 3 is 2.76 bits per heavy atom. The average molecular weight is 229 g/mol. The third-order valence-corrected chi connectivity index (χ3v) is 2.71. The maximum absolute atomic E-state index is 5.79. The van der Waals surface area contributed by atoms with Crippen LogP contribution in [0.1, 0.15) is 19.4 Å². The second-order valence-corrected chi connectivity index (χ2v) is 4.66. The Kier molecular flexibility index (Phi) is 3.59. The molecule has 0 aliphatic carbocycles. The number of benzene rings is 1. The fourth-order valence-electron chi connectivity index (χ4n) is 1.82. The summed E-state index contributed by atoms with van der Waals surface area (Å²) in [7, 11) is 0. The zero-order valence-electron chi connectivity index (χ0n) is 10.4. The van der Waals surface area contributed by atoms with Crippen LogP contribution in [0, 0.1) is 5.92 Å². The lowest BCUT2D eigenvalue weighted by molar-refractivity contribution is 0.687. The summed E-state index contributed by atoms with van der Waals surface area (Å²) in [5, 5.41) is 4.49. The fourth-order valence-corrected chi connectivity index (χ4v) is 1.82. The predicted molar refractivity (Wildman–Crippen MR) is 73.0 cm³/mol. The molecular weight excluding hydrogens is 210 g/mol. The van der Waals surface area contributed by atoms with E-state index in [1.54, 1.807) is 0 Å². The standard InChI is InChI=1S/C14H19N3/c1-10(2)9-16-14-7-11(8-15)12-5-3-4-6-13(12)17-14/h3-7,10H,8-9,15H2,1-2H3,(H,16,17). The van der Waals surface area contributed by atoms with Gasteiger partial charge in [-0.05, 0) is 23.6 Å². The van der Waals surface area contributed by atoms with Crippen molar-refractivity contribution in [2.45, 2.75) is 20.4 Å². The smallest absolute Gasteiger partial charge is 0.126 e. The number of hydrogen-bond donors (Lipinski definition) is 2. The summed E-state index contributed by atoms with van der Waals surface area (Å²) in [6.45, 7) is 5.82. The van der Waals surface area contributed by atoms with E-state index in [0.717, 1.165) is 28.8 Å². The van der Waals surface area contributed by atoms with Crippen LogP contribution in [0.2, 0.25) is 0 Å². The van der Waals surface area contributed by atoms with Crippen molar-refractivity contribution in [2.75, 3.05) is 11.9 Å². The SMILES string of the molecule is CC(C)CNc1cc(CN)c2ccccc2n1. The van der Waals surface area contributed by atoms with Crippen LogP contribution in [0.4, 0.5) is 5.82 Å². The number of nitrogens with zero attached hydrogens (tertiary/aromatic N) is 1. The number of rotatable bonds is 4. The quantitative estimate of drug-likeness (QED) is 0.847. The molecule has 1 aromatic heterocycles. The molecule has 0 aliphatic rings. The zero-order chi connectivity index (χ0) is 12.3. The largest absolute Gasteiger partial charge is 0.370 e. The van der Waals surface area contributed by atoms with Crippen molar-refractivity contribution in [3.8, 4) is 0 Å². The fraction of sp³-hybridized carbons (Fsp3) is 0.357. The van der Waals surface area contributed by atoms with Crippen LogP contribution in [0.3, 0.4) is 0 Å². The third kappa shape index (κ3) is 2.74. The number of pyridine rings is 1. The first-order valence-corrected chi connectivity index (χ1v) is 6.03. The van der Waals surface area contributed by atoms with Crippen LogP contribution in [0.5, 0.6) is 0 Å². The highest BCUT2D eigenvalue weighted by Crippen LogP contribution is 2.20. The Hall–Kier alpha value is -1.61.